The summed E-state index contributed by atoms with van der Waals surface area (Å²) in [5.74, 6) is 1.77. The molecule has 1 aromatic rings. The van der Waals surface area contributed by atoms with Gasteiger partial charge in [0.2, 0.25) is 0 Å². The SMILES string of the molecule is O=C(c1ccc(OCC2CCCCC2)cc1)N1CCC2(CCNC2)CC1. The maximum Gasteiger partial charge on any atom is 0.253 e. The summed E-state index contributed by atoms with van der Waals surface area (Å²) in [6.07, 6.45) is 10.2. The predicted molar refractivity (Wildman–Crippen MR) is 104 cm³/mol. The first-order valence-corrected chi connectivity index (χ1v) is 10.5. The van der Waals surface area contributed by atoms with Crippen LogP contribution in [0.5, 0.6) is 5.75 Å². The normalized spacial score (nSPS) is 23.3. The molecule has 2 aliphatic heterocycles. The number of rotatable bonds is 4. The highest BCUT2D eigenvalue weighted by Crippen LogP contribution is 2.37. The number of hydrogen-bond donors (Lipinski definition) is 1. The molecule has 0 aromatic heterocycles. The van der Waals surface area contributed by atoms with Gasteiger partial charge >= 0.3 is 0 Å². The Labute approximate surface area is 157 Å². The zero-order valence-corrected chi connectivity index (χ0v) is 15.8. The summed E-state index contributed by atoms with van der Waals surface area (Å²) in [6.45, 7) is 4.86. The third-order valence-electron chi connectivity index (χ3n) is 6.76. The summed E-state index contributed by atoms with van der Waals surface area (Å²) in [4.78, 5) is 14.8. The van der Waals surface area contributed by atoms with E-state index in [2.05, 4.69) is 5.32 Å². The lowest BCUT2D eigenvalue weighted by atomic mass is 9.78. The molecule has 3 aliphatic rings. The van der Waals surface area contributed by atoms with Gasteiger partial charge in [-0.15, -0.1) is 0 Å². The standard InChI is InChI=1S/C22H32N2O2/c25-21(24-14-11-22(12-15-24)10-13-23-17-22)19-6-8-20(9-7-19)26-16-18-4-2-1-3-5-18/h6-9,18,23H,1-5,10-17H2. The Kier molecular flexibility index (Phi) is 5.49. The van der Waals surface area contributed by atoms with Crippen LogP contribution in [0.15, 0.2) is 24.3 Å². The highest BCUT2D eigenvalue weighted by Gasteiger charge is 2.38. The Balaban J connectivity index is 1.28. The molecule has 0 atom stereocenters. The minimum atomic E-state index is 0.171. The van der Waals surface area contributed by atoms with Crippen molar-refractivity contribution in [3.05, 3.63) is 29.8 Å². The van der Waals surface area contributed by atoms with Crippen molar-refractivity contribution >= 4 is 5.91 Å². The molecule has 4 heteroatoms. The summed E-state index contributed by atoms with van der Waals surface area (Å²) >= 11 is 0. The molecule has 0 unspecified atom stereocenters. The molecule has 1 saturated carbocycles. The molecule has 0 bridgehead atoms. The number of ether oxygens (including phenoxy) is 1. The average molecular weight is 357 g/mol. The number of carbonyl (C=O) groups is 1. The number of nitrogens with zero attached hydrogens (tertiary/aromatic N) is 1. The molecule has 1 aliphatic carbocycles. The van der Waals surface area contributed by atoms with Gasteiger partial charge < -0.3 is 15.0 Å². The van der Waals surface area contributed by atoms with E-state index in [1.165, 1.54) is 38.5 Å². The molecule has 26 heavy (non-hydrogen) atoms. The summed E-state index contributed by atoms with van der Waals surface area (Å²) in [5, 5.41) is 3.48. The zero-order chi connectivity index (χ0) is 17.8. The fraction of sp³-hybridized carbons (Fsp3) is 0.682. The summed E-state index contributed by atoms with van der Waals surface area (Å²) in [7, 11) is 0. The van der Waals surface area contributed by atoms with Crippen molar-refractivity contribution in [3.8, 4) is 5.75 Å². The fourth-order valence-corrected chi connectivity index (χ4v) is 4.85. The lowest BCUT2D eigenvalue weighted by molar-refractivity contribution is 0.0607. The number of carbonyl (C=O) groups excluding carboxylic acids is 1. The number of piperidine rings is 1. The van der Waals surface area contributed by atoms with Crippen LogP contribution in [0, 0.1) is 11.3 Å². The molecule has 2 saturated heterocycles. The van der Waals surface area contributed by atoms with E-state index >= 15 is 0 Å². The van der Waals surface area contributed by atoms with E-state index < -0.39 is 0 Å². The number of likely N-dealkylation sites (tertiary alicyclic amines) is 1. The molecule has 1 N–H and O–H groups in total. The molecule has 1 aromatic carbocycles. The van der Waals surface area contributed by atoms with Crippen molar-refractivity contribution in [3.63, 3.8) is 0 Å². The Morgan fingerprint density at radius 1 is 1.08 bits per heavy atom. The maximum atomic E-state index is 12.8. The van der Waals surface area contributed by atoms with Crippen LogP contribution in [0.4, 0.5) is 0 Å². The van der Waals surface area contributed by atoms with Crippen LogP contribution in [-0.2, 0) is 0 Å². The maximum absolute atomic E-state index is 12.8. The second-order valence-electron chi connectivity index (χ2n) is 8.56. The van der Waals surface area contributed by atoms with E-state index in [0.29, 0.717) is 11.3 Å². The van der Waals surface area contributed by atoms with E-state index in [-0.39, 0.29) is 5.91 Å². The van der Waals surface area contributed by atoms with Crippen LogP contribution >= 0.6 is 0 Å². The van der Waals surface area contributed by atoms with Gasteiger partial charge in [-0.05, 0) is 74.2 Å². The number of amides is 1. The molecule has 1 spiro atoms. The monoisotopic (exact) mass is 356 g/mol. The van der Waals surface area contributed by atoms with Gasteiger partial charge in [-0.3, -0.25) is 4.79 Å². The quantitative estimate of drug-likeness (QED) is 0.891. The van der Waals surface area contributed by atoms with Crippen LogP contribution in [0.3, 0.4) is 0 Å². The fourth-order valence-electron chi connectivity index (χ4n) is 4.85. The lowest BCUT2D eigenvalue weighted by Gasteiger charge is -2.38. The van der Waals surface area contributed by atoms with Crippen LogP contribution in [-0.4, -0.2) is 43.6 Å². The predicted octanol–water partition coefficient (Wildman–Crippen LogP) is 3.86. The van der Waals surface area contributed by atoms with E-state index in [9.17, 15) is 4.79 Å². The smallest absolute Gasteiger partial charge is 0.253 e. The number of hydrogen-bond acceptors (Lipinski definition) is 3. The minimum absolute atomic E-state index is 0.171. The van der Waals surface area contributed by atoms with E-state index in [0.717, 1.165) is 56.9 Å². The molecule has 142 valence electrons. The molecule has 0 radical (unpaired) electrons. The first-order chi connectivity index (χ1) is 12.7. The second-order valence-corrected chi connectivity index (χ2v) is 8.56. The van der Waals surface area contributed by atoms with Crippen molar-refractivity contribution in [2.45, 2.75) is 51.4 Å². The Bertz CT molecular complexity index is 591. The lowest BCUT2D eigenvalue weighted by Crippen LogP contribution is -2.44. The van der Waals surface area contributed by atoms with Crippen molar-refractivity contribution in [1.82, 2.24) is 10.2 Å². The van der Waals surface area contributed by atoms with Crippen molar-refractivity contribution in [2.75, 3.05) is 32.8 Å². The van der Waals surface area contributed by atoms with Crippen molar-refractivity contribution < 1.29 is 9.53 Å². The minimum Gasteiger partial charge on any atom is -0.493 e. The van der Waals surface area contributed by atoms with E-state index in [1.54, 1.807) is 0 Å². The van der Waals surface area contributed by atoms with Crippen LogP contribution in [0.2, 0.25) is 0 Å². The average Bonchev–Trinajstić information content (AvgIpc) is 3.16. The van der Waals surface area contributed by atoms with Gasteiger partial charge in [-0.2, -0.15) is 0 Å². The first-order valence-electron chi connectivity index (χ1n) is 10.5. The molecule has 4 rings (SSSR count). The van der Waals surface area contributed by atoms with Gasteiger partial charge in [-0.25, -0.2) is 0 Å². The number of benzene rings is 1. The highest BCUT2D eigenvalue weighted by atomic mass is 16.5. The summed E-state index contributed by atoms with van der Waals surface area (Å²) in [5.41, 5.74) is 1.24. The Morgan fingerprint density at radius 2 is 1.81 bits per heavy atom. The number of nitrogens with one attached hydrogen (secondary N) is 1. The van der Waals surface area contributed by atoms with Gasteiger partial charge in [0.25, 0.3) is 5.91 Å². The van der Waals surface area contributed by atoms with Crippen molar-refractivity contribution in [1.29, 1.82) is 0 Å². The van der Waals surface area contributed by atoms with Gasteiger partial charge in [0.15, 0.2) is 0 Å². The van der Waals surface area contributed by atoms with Gasteiger partial charge in [-0.1, -0.05) is 19.3 Å². The largest absolute Gasteiger partial charge is 0.493 e. The molecular weight excluding hydrogens is 324 g/mol. The van der Waals surface area contributed by atoms with Crippen LogP contribution in [0.25, 0.3) is 0 Å². The molecule has 1 amide bonds. The molecule has 3 fully saturated rings. The second kappa shape index (κ2) is 7.99. The molecule has 4 nitrogen and oxygen atoms in total. The highest BCUT2D eigenvalue weighted by molar-refractivity contribution is 5.94. The Morgan fingerprint density at radius 3 is 2.46 bits per heavy atom. The third-order valence-corrected chi connectivity index (χ3v) is 6.76. The Hall–Kier alpha value is -1.55. The van der Waals surface area contributed by atoms with Gasteiger partial charge in [0.05, 0.1) is 6.61 Å². The zero-order valence-electron chi connectivity index (χ0n) is 15.8. The summed E-state index contributed by atoms with van der Waals surface area (Å²) in [6, 6.07) is 7.78. The molecule has 2 heterocycles. The van der Waals surface area contributed by atoms with Crippen LogP contribution in [0.1, 0.15) is 61.7 Å². The van der Waals surface area contributed by atoms with Gasteiger partial charge in [0, 0.05) is 25.2 Å². The molecular formula is C22H32N2O2. The first kappa shape index (κ1) is 17.8. The van der Waals surface area contributed by atoms with E-state index in [4.69, 9.17) is 4.74 Å². The van der Waals surface area contributed by atoms with Gasteiger partial charge in [0.1, 0.15) is 5.75 Å². The van der Waals surface area contributed by atoms with Crippen LogP contribution < -0.4 is 10.1 Å². The van der Waals surface area contributed by atoms with E-state index in [1.807, 2.05) is 29.2 Å². The third kappa shape index (κ3) is 4.06. The topological polar surface area (TPSA) is 41.6 Å². The van der Waals surface area contributed by atoms with Crippen molar-refractivity contribution in [2.24, 2.45) is 11.3 Å². The summed E-state index contributed by atoms with van der Waals surface area (Å²) < 4.78 is 5.96.